The first-order chi connectivity index (χ1) is 21.9. The number of piperazine rings is 1. The first-order valence-electron chi connectivity index (χ1n) is 16.3. The van der Waals surface area contributed by atoms with Gasteiger partial charge >= 0.3 is 6.01 Å². The van der Waals surface area contributed by atoms with E-state index in [0.29, 0.717) is 55.1 Å². The molecule has 2 aromatic carbocycles. The Morgan fingerprint density at radius 1 is 1.09 bits per heavy atom. The average Bonchev–Trinajstić information content (AvgIpc) is 3.49. The highest BCUT2D eigenvalue weighted by Gasteiger charge is 2.37. The molecule has 45 heavy (non-hydrogen) atoms. The maximum atomic E-state index is 16.1. The summed E-state index contributed by atoms with van der Waals surface area (Å²) in [6.07, 6.45) is 10.2. The number of aliphatic hydroxyl groups is 1. The molecular weight excluding hydrogens is 576 g/mol. The number of anilines is 1. The zero-order chi connectivity index (χ0) is 30.9. The molecule has 2 N–H and O–H groups in total. The van der Waals surface area contributed by atoms with Gasteiger partial charge in [0.05, 0.1) is 19.8 Å². The minimum Gasteiger partial charge on any atom is -0.508 e. The van der Waals surface area contributed by atoms with Gasteiger partial charge in [-0.2, -0.15) is 9.97 Å². The molecule has 3 aromatic rings. The van der Waals surface area contributed by atoms with Crippen molar-refractivity contribution in [2.24, 2.45) is 0 Å². The molecule has 0 amide bonds. The molecule has 7 rings (SSSR count). The van der Waals surface area contributed by atoms with Gasteiger partial charge in [-0.1, -0.05) is 31.2 Å². The van der Waals surface area contributed by atoms with Crippen LogP contribution >= 0.6 is 0 Å². The number of nitrogens with zero attached hydrogens (tertiary/aromatic N) is 4. The number of ether oxygens (including phenoxy) is 2. The van der Waals surface area contributed by atoms with Gasteiger partial charge in [0, 0.05) is 54.8 Å². The molecule has 0 radical (unpaired) electrons. The number of halogens is 2. The van der Waals surface area contributed by atoms with Crippen molar-refractivity contribution in [2.45, 2.75) is 69.6 Å². The monoisotopic (exact) mass is 617 g/mol. The van der Waals surface area contributed by atoms with Crippen LogP contribution in [0.3, 0.4) is 0 Å². The lowest BCUT2D eigenvalue weighted by Crippen LogP contribution is -2.51. The SMILES string of the molecule is CCc1cccc(/C=C(O)\C=C\c2c(F)cc3c(N4CC5CCC(C4)N5)nc(OCCCN4C5CCC4COC5)nc3c2F)c1. The summed E-state index contributed by atoms with van der Waals surface area (Å²) in [4.78, 5) is 13.8. The van der Waals surface area contributed by atoms with Crippen LogP contribution in [0.1, 0.15) is 55.7 Å². The van der Waals surface area contributed by atoms with E-state index >= 15 is 8.78 Å². The normalized spacial score (nSPS) is 25.1. The Balaban J connectivity index is 1.16. The van der Waals surface area contributed by atoms with E-state index in [9.17, 15) is 5.11 Å². The Bertz CT molecular complexity index is 1590. The van der Waals surface area contributed by atoms with Crippen LogP contribution in [-0.2, 0) is 11.2 Å². The summed E-state index contributed by atoms with van der Waals surface area (Å²) in [5.41, 5.74) is 1.67. The van der Waals surface area contributed by atoms with E-state index in [4.69, 9.17) is 14.5 Å². The fourth-order valence-electron chi connectivity index (χ4n) is 7.38. The molecule has 4 aliphatic heterocycles. The summed E-state index contributed by atoms with van der Waals surface area (Å²) in [5.74, 6) is -1.17. The molecule has 8 nitrogen and oxygen atoms in total. The van der Waals surface area contributed by atoms with Crippen LogP contribution in [0.15, 0.2) is 42.2 Å². The molecule has 1 aromatic heterocycles. The van der Waals surface area contributed by atoms with Crippen LogP contribution in [0, 0.1) is 11.6 Å². The van der Waals surface area contributed by atoms with Crippen LogP contribution in [0.5, 0.6) is 6.01 Å². The third-order valence-corrected chi connectivity index (χ3v) is 9.67. The fraction of sp³-hybridized carbons (Fsp3) is 0.486. The molecule has 10 heteroatoms. The van der Waals surface area contributed by atoms with Crippen LogP contribution < -0.4 is 15.0 Å². The predicted molar refractivity (Wildman–Crippen MR) is 172 cm³/mol. The minimum absolute atomic E-state index is 0.00673. The number of rotatable bonds is 10. The van der Waals surface area contributed by atoms with Crippen molar-refractivity contribution in [1.29, 1.82) is 0 Å². The Kier molecular flexibility index (Phi) is 8.70. The van der Waals surface area contributed by atoms with Gasteiger partial charge in [-0.15, -0.1) is 0 Å². The molecule has 238 valence electrons. The van der Waals surface area contributed by atoms with Crippen molar-refractivity contribution in [3.05, 3.63) is 70.5 Å². The van der Waals surface area contributed by atoms with E-state index in [1.165, 1.54) is 31.1 Å². The summed E-state index contributed by atoms with van der Waals surface area (Å²) in [7, 11) is 0. The van der Waals surface area contributed by atoms with Gasteiger partial charge in [0.15, 0.2) is 5.82 Å². The fourth-order valence-corrected chi connectivity index (χ4v) is 7.38. The second-order valence-electron chi connectivity index (χ2n) is 12.7. The average molecular weight is 618 g/mol. The number of aliphatic hydroxyl groups excluding tert-OH is 1. The van der Waals surface area contributed by atoms with Crippen molar-refractivity contribution in [2.75, 3.05) is 44.4 Å². The highest BCUT2D eigenvalue weighted by molar-refractivity contribution is 5.92. The predicted octanol–water partition coefficient (Wildman–Crippen LogP) is 5.66. The van der Waals surface area contributed by atoms with E-state index < -0.39 is 11.6 Å². The second kappa shape index (κ2) is 13.0. The molecular formula is C35H41F2N5O3. The molecule has 4 fully saturated rings. The van der Waals surface area contributed by atoms with Crippen molar-refractivity contribution >= 4 is 28.9 Å². The smallest absolute Gasteiger partial charge is 0.319 e. The molecule has 4 atom stereocenters. The van der Waals surface area contributed by atoms with Gasteiger partial charge in [0.2, 0.25) is 0 Å². The van der Waals surface area contributed by atoms with Gasteiger partial charge in [0.1, 0.15) is 22.9 Å². The Morgan fingerprint density at radius 2 is 1.87 bits per heavy atom. The lowest BCUT2D eigenvalue weighted by Gasteiger charge is -2.34. The van der Waals surface area contributed by atoms with Crippen LogP contribution in [0.4, 0.5) is 14.6 Å². The van der Waals surface area contributed by atoms with E-state index in [-0.39, 0.29) is 22.8 Å². The maximum Gasteiger partial charge on any atom is 0.319 e. The van der Waals surface area contributed by atoms with Gasteiger partial charge in [0.25, 0.3) is 0 Å². The summed E-state index contributed by atoms with van der Waals surface area (Å²) in [5, 5.41) is 14.5. The van der Waals surface area contributed by atoms with E-state index in [1.54, 1.807) is 6.08 Å². The number of fused-ring (bicyclic) bond motifs is 5. The van der Waals surface area contributed by atoms with Crippen molar-refractivity contribution < 1.29 is 23.4 Å². The Labute approximate surface area is 262 Å². The Morgan fingerprint density at radius 3 is 2.62 bits per heavy atom. The lowest BCUT2D eigenvalue weighted by molar-refractivity contribution is -0.0161. The number of nitrogens with one attached hydrogen (secondary N) is 1. The number of morpholine rings is 1. The third kappa shape index (κ3) is 6.41. The third-order valence-electron chi connectivity index (χ3n) is 9.67. The molecule has 4 bridgehead atoms. The molecule has 4 unspecified atom stereocenters. The first kappa shape index (κ1) is 30.1. The van der Waals surface area contributed by atoms with Crippen molar-refractivity contribution in [3.8, 4) is 6.01 Å². The number of hydrogen-bond donors (Lipinski definition) is 2. The zero-order valence-corrected chi connectivity index (χ0v) is 25.7. The maximum absolute atomic E-state index is 16.1. The molecule has 5 heterocycles. The van der Waals surface area contributed by atoms with Gasteiger partial charge in [-0.3, -0.25) is 4.90 Å². The van der Waals surface area contributed by atoms with Crippen molar-refractivity contribution in [3.63, 3.8) is 0 Å². The summed E-state index contributed by atoms with van der Waals surface area (Å²) >= 11 is 0. The van der Waals surface area contributed by atoms with Gasteiger partial charge in [-0.05, 0) is 73.9 Å². The topological polar surface area (TPSA) is 83.0 Å². The largest absolute Gasteiger partial charge is 0.508 e. The minimum atomic E-state index is -0.807. The quantitative estimate of drug-likeness (QED) is 0.172. The van der Waals surface area contributed by atoms with Crippen molar-refractivity contribution in [1.82, 2.24) is 20.2 Å². The molecule has 4 saturated heterocycles. The number of benzene rings is 2. The molecule has 0 saturated carbocycles. The van der Waals surface area contributed by atoms with Gasteiger partial charge < -0.3 is 24.8 Å². The lowest BCUT2D eigenvalue weighted by atomic mass is 10.1. The number of allylic oxidation sites excluding steroid dienone is 1. The summed E-state index contributed by atoms with van der Waals surface area (Å²) in [6, 6.07) is 10.7. The number of aromatic nitrogens is 2. The van der Waals surface area contributed by atoms with Crippen LogP contribution in [0.25, 0.3) is 23.1 Å². The molecule has 0 spiro atoms. The Hall–Kier alpha value is -3.60. The summed E-state index contributed by atoms with van der Waals surface area (Å²) < 4.78 is 43.4. The number of hydrogen-bond acceptors (Lipinski definition) is 8. The zero-order valence-electron chi connectivity index (χ0n) is 25.7. The second-order valence-corrected chi connectivity index (χ2v) is 12.7. The molecule has 0 aliphatic carbocycles. The highest BCUT2D eigenvalue weighted by Crippen LogP contribution is 2.34. The van der Waals surface area contributed by atoms with Crippen LogP contribution in [-0.4, -0.2) is 83.6 Å². The molecule has 4 aliphatic rings. The number of aryl methyl sites for hydroxylation is 1. The highest BCUT2D eigenvalue weighted by atomic mass is 19.1. The standard InChI is InChI=1S/C35H41F2N5O3/c1-2-22-5-3-6-23(15-22)16-28(43)11-12-29-31(36)17-30-33(32(29)37)39-35(40-34(30)41-18-24-7-8-25(19-41)38-24)45-14-4-13-42-26-9-10-27(42)21-44-20-26/h3,5-6,11-12,15-17,24-27,38,43H,2,4,7-10,13-14,18-21H2,1H3/b12-11+,28-16+. The summed E-state index contributed by atoms with van der Waals surface area (Å²) in [6.45, 7) is 6.31. The first-order valence-corrected chi connectivity index (χ1v) is 16.3. The van der Waals surface area contributed by atoms with E-state index in [0.717, 1.165) is 56.6 Å². The van der Waals surface area contributed by atoms with E-state index in [2.05, 4.69) is 27.0 Å². The van der Waals surface area contributed by atoms with Crippen LogP contribution in [0.2, 0.25) is 0 Å². The van der Waals surface area contributed by atoms with Gasteiger partial charge in [-0.25, -0.2) is 8.78 Å². The van der Waals surface area contributed by atoms with E-state index in [1.807, 2.05) is 24.3 Å².